The van der Waals surface area contributed by atoms with Crippen molar-refractivity contribution in [2.75, 3.05) is 6.54 Å². The maximum atomic E-state index is 12.0. The Bertz CT molecular complexity index is 498. The molecule has 1 aromatic rings. The quantitative estimate of drug-likeness (QED) is 0.606. The van der Waals surface area contributed by atoms with Crippen LogP contribution in [0.2, 0.25) is 0 Å². The Morgan fingerprint density at radius 2 is 2.06 bits per heavy atom. The lowest BCUT2D eigenvalue weighted by Gasteiger charge is -2.10. The Labute approximate surface area is 107 Å². The van der Waals surface area contributed by atoms with Crippen LogP contribution in [-0.2, 0) is 10.0 Å². The van der Waals surface area contributed by atoms with Gasteiger partial charge in [-0.1, -0.05) is 43.8 Å². The molecular weight excluding hydrogens is 256 g/mol. The Balaban J connectivity index is 3.02. The standard InChI is InChI=1S/C11H16N2O2S2/c1-2-3-8-13-17(14,15)10-7-5-4-6-9(10)11(12)16/h4-7,13H,2-3,8H2,1H3,(H2,12,16). The van der Waals surface area contributed by atoms with E-state index in [1.807, 2.05) is 6.92 Å². The third-order valence-electron chi connectivity index (χ3n) is 2.26. The summed E-state index contributed by atoms with van der Waals surface area (Å²) < 4.78 is 26.5. The number of sulfonamides is 1. The first-order valence-corrected chi connectivity index (χ1v) is 7.26. The number of unbranched alkanes of at least 4 members (excludes halogenated alkanes) is 1. The van der Waals surface area contributed by atoms with E-state index in [4.69, 9.17) is 18.0 Å². The molecular formula is C11H16N2O2S2. The number of benzene rings is 1. The van der Waals surface area contributed by atoms with Gasteiger partial charge in [0, 0.05) is 12.1 Å². The molecule has 6 heteroatoms. The largest absolute Gasteiger partial charge is 0.389 e. The summed E-state index contributed by atoms with van der Waals surface area (Å²) >= 11 is 4.84. The molecule has 3 N–H and O–H groups in total. The number of rotatable bonds is 6. The highest BCUT2D eigenvalue weighted by Crippen LogP contribution is 2.15. The van der Waals surface area contributed by atoms with Crippen LogP contribution >= 0.6 is 12.2 Å². The number of nitrogens with one attached hydrogen (secondary N) is 1. The Morgan fingerprint density at radius 1 is 1.41 bits per heavy atom. The lowest BCUT2D eigenvalue weighted by Crippen LogP contribution is -2.27. The molecule has 1 rings (SSSR count). The van der Waals surface area contributed by atoms with Gasteiger partial charge < -0.3 is 5.73 Å². The SMILES string of the molecule is CCCCNS(=O)(=O)c1ccccc1C(N)=S. The summed E-state index contributed by atoms with van der Waals surface area (Å²) in [6.45, 7) is 2.42. The lowest BCUT2D eigenvalue weighted by atomic mass is 10.2. The molecule has 94 valence electrons. The molecule has 17 heavy (non-hydrogen) atoms. The van der Waals surface area contributed by atoms with Crippen LogP contribution in [0.3, 0.4) is 0 Å². The molecule has 0 fully saturated rings. The fourth-order valence-corrected chi connectivity index (χ4v) is 2.90. The van der Waals surface area contributed by atoms with Crippen LogP contribution in [0, 0.1) is 0 Å². The number of thiocarbonyl (C=S) groups is 1. The van der Waals surface area contributed by atoms with Gasteiger partial charge in [0.2, 0.25) is 10.0 Å². The van der Waals surface area contributed by atoms with Crippen LogP contribution in [0.4, 0.5) is 0 Å². The molecule has 1 aromatic carbocycles. The van der Waals surface area contributed by atoms with Crippen LogP contribution in [0.1, 0.15) is 25.3 Å². The second kappa shape index (κ2) is 6.09. The van der Waals surface area contributed by atoms with Crippen LogP contribution in [-0.4, -0.2) is 20.0 Å². The fourth-order valence-electron chi connectivity index (χ4n) is 1.37. The van der Waals surface area contributed by atoms with Crippen molar-refractivity contribution in [2.45, 2.75) is 24.7 Å². The second-order valence-electron chi connectivity index (χ2n) is 3.61. The highest BCUT2D eigenvalue weighted by atomic mass is 32.2. The molecule has 0 saturated carbocycles. The second-order valence-corrected chi connectivity index (χ2v) is 5.79. The van der Waals surface area contributed by atoms with Gasteiger partial charge in [-0.05, 0) is 12.5 Å². The van der Waals surface area contributed by atoms with E-state index in [2.05, 4.69) is 4.72 Å². The predicted molar refractivity (Wildman–Crippen MR) is 72.4 cm³/mol. The highest BCUT2D eigenvalue weighted by molar-refractivity contribution is 7.89. The van der Waals surface area contributed by atoms with E-state index in [0.29, 0.717) is 12.1 Å². The van der Waals surface area contributed by atoms with Crippen LogP contribution in [0.5, 0.6) is 0 Å². The third kappa shape index (κ3) is 3.76. The van der Waals surface area contributed by atoms with Crippen molar-refractivity contribution in [2.24, 2.45) is 5.73 Å². The molecule has 0 spiro atoms. The van der Waals surface area contributed by atoms with E-state index in [1.54, 1.807) is 18.2 Å². The van der Waals surface area contributed by atoms with E-state index < -0.39 is 10.0 Å². The van der Waals surface area contributed by atoms with E-state index >= 15 is 0 Å². The minimum Gasteiger partial charge on any atom is -0.389 e. The molecule has 0 aliphatic carbocycles. The number of nitrogens with two attached hydrogens (primary N) is 1. The summed E-state index contributed by atoms with van der Waals surface area (Å²) in [6.07, 6.45) is 1.73. The van der Waals surface area contributed by atoms with Crippen molar-refractivity contribution < 1.29 is 8.42 Å². The molecule has 0 amide bonds. The van der Waals surface area contributed by atoms with Crippen molar-refractivity contribution in [1.29, 1.82) is 0 Å². The normalized spacial score (nSPS) is 11.4. The third-order valence-corrected chi connectivity index (χ3v) is 4.00. The van der Waals surface area contributed by atoms with Crippen molar-refractivity contribution in [3.8, 4) is 0 Å². The Hall–Kier alpha value is -0.980. The Morgan fingerprint density at radius 3 is 2.65 bits per heavy atom. The molecule has 0 radical (unpaired) electrons. The summed E-state index contributed by atoms with van der Waals surface area (Å²) in [5.74, 6) is 0. The molecule has 0 aliphatic rings. The van der Waals surface area contributed by atoms with Gasteiger partial charge >= 0.3 is 0 Å². The van der Waals surface area contributed by atoms with Crippen LogP contribution in [0.25, 0.3) is 0 Å². The average molecular weight is 272 g/mol. The van der Waals surface area contributed by atoms with Gasteiger partial charge in [-0.3, -0.25) is 0 Å². The monoisotopic (exact) mass is 272 g/mol. The minimum atomic E-state index is -3.53. The Kier molecular flexibility index (Phi) is 5.04. The minimum absolute atomic E-state index is 0.0847. The van der Waals surface area contributed by atoms with E-state index in [-0.39, 0.29) is 9.88 Å². The molecule has 0 bridgehead atoms. The van der Waals surface area contributed by atoms with Gasteiger partial charge in [-0.25, -0.2) is 13.1 Å². The fraction of sp³-hybridized carbons (Fsp3) is 0.364. The van der Waals surface area contributed by atoms with E-state index in [1.165, 1.54) is 6.07 Å². The van der Waals surface area contributed by atoms with E-state index in [9.17, 15) is 8.42 Å². The predicted octanol–water partition coefficient (Wildman–Crippen LogP) is 1.40. The smallest absolute Gasteiger partial charge is 0.241 e. The van der Waals surface area contributed by atoms with Crippen LogP contribution < -0.4 is 10.5 Å². The zero-order chi connectivity index (χ0) is 12.9. The van der Waals surface area contributed by atoms with Crippen molar-refractivity contribution in [1.82, 2.24) is 4.72 Å². The molecule has 0 unspecified atom stereocenters. The maximum Gasteiger partial charge on any atom is 0.241 e. The molecule has 0 saturated heterocycles. The zero-order valence-electron chi connectivity index (χ0n) is 9.64. The van der Waals surface area contributed by atoms with E-state index in [0.717, 1.165) is 12.8 Å². The topological polar surface area (TPSA) is 72.2 Å². The van der Waals surface area contributed by atoms with Gasteiger partial charge in [-0.15, -0.1) is 0 Å². The maximum absolute atomic E-state index is 12.0. The van der Waals surface area contributed by atoms with Gasteiger partial charge in [0.1, 0.15) is 4.99 Å². The van der Waals surface area contributed by atoms with Gasteiger partial charge in [0.15, 0.2) is 0 Å². The molecule has 0 aliphatic heterocycles. The van der Waals surface area contributed by atoms with Gasteiger partial charge in [-0.2, -0.15) is 0 Å². The molecule has 0 aromatic heterocycles. The molecule has 0 heterocycles. The lowest BCUT2D eigenvalue weighted by molar-refractivity contribution is 0.578. The summed E-state index contributed by atoms with van der Waals surface area (Å²) in [4.78, 5) is 0.227. The zero-order valence-corrected chi connectivity index (χ0v) is 11.3. The molecule has 4 nitrogen and oxygen atoms in total. The van der Waals surface area contributed by atoms with Crippen molar-refractivity contribution in [3.05, 3.63) is 29.8 Å². The van der Waals surface area contributed by atoms with Crippen molar-refractivity contribution in [3.63, 3.8) is 0 Å². The highest BCUT2D eigenvalue weighted by Gasteiger charge is 2.18. The first-order valence-electron chi connectivity index (χ1n) is 5.37. The first kappa shape index (κ1) is 14.1. The summed E-state index contributed by atoms with van der Waals surface area (Å²) in [7, 11) is -3.53. The van der Waals surface area contributed by atoms with Crippen LogP contribution in [0.15, 0.2) is 29.2 Å². The number of hydrogen-bond acceptors (Lipinski definition) is 3. The number of hydrogen-bond donors (Lipinski definition) is 2. The first-order chi connectivity index (χ1) is 7.99. The average Bonchev–Trinajstić information content (AvgIpc) is 2.29. The van der Waals surface area contributed by atoms with Crippen molar-refractivity contribution >= 4 is 27.2 Å². The summed E-state index contributed by atoms with van der Waals surface area (Å²) in [5.41, 5.74) is 5.89. The summed E-state index contributed by atoms with van der Waals surface area (Å²) in [5, 5.41) is 0. The summed E-state index contributed by atoms with van der Waals surface area (Å²) in [6, 6.07) is 6.47. The van der Waals surface area contributed by atoms with Gasteiger partial charge in [0.25, 0.3) is 0 Å². The molecule has 0 atom stereocenters. The van der Waals surface area contributed by atoms with Gasteiger partial charge in [0.05, 0.1) is 4.90 Å².